The van der Waals surface area contributed by atoms with Crippen molar-refractivity contribution in [3.05, 3.63) is 89.4 Å². The molecule has 1 atom stereocenters. The van der Waals surface area contributed by atoms with Crippen molar-refractivity contribution >= 4 is 22.7 Å². The van der Waals surface area contributed by atoms with Gasteiger partial charge in [-0.3, -0.25) is 9.59 Å². The largest absolute Gasteiger partial charge is 0.493 e. The zero-order valence-electron chi connectivity index (χ0n) is 25.5. The first-order chi connectivity index (χ1) is 21.4. The van der Waals surface area contributed by atoms with E-state index in [0.717, 1.165) is 48.6 Å². The van der Waals surface area contributed by atoms with Gasteiger partial charge in [0.05, 0.1) is 21.3 Å². The number of hydrogen-bond acceptors (Lipinski definition) is 5. The number of halogens is 1. The summed E-state index contributed by atoms with van der Waals surface area (Å²) in [6.45, 7) is 0.104. The molecule has 0 radical (unpaired) electrons. The van der Waals surface area contributed by atoms with Crippen molar-refractivity contribution in [1.82, 2.24) is 15.2 Å². The number of fused-ring (bicyclic) bond motifs is 1. The van der Waals surface area contributed by atoms with Crippen molar-refractivity contribution in [2.45, 2.75) is 63.6 Å². The molecule has 0 saturated heterocycles. The summed E-state index contributed by atoms with van der Waals surface area (Å²) in [4.78, 5) is 33.4. The van der Waals surface area contributed by atoms with Gasteiger partial charge in [-0.25, -0.2) is 4.39 Å². The predicted molar refractivity (Wildman–Crippen MR) is 167 cm³/mol. The van der Waals surface area contributed by atoms with Gasteiger partial charge in [0.25, 0.3) is 0 Å². The molecule has 5 rings (SSSR count). The van der Waals surface area contributed by atoms with Gasteiger partial charge in [-0.1, -0.05) is 49.6 Å². The lowest BCUT2D eigenvalue weighted by atomic mass is 9.94. The quantitative estimate of drug-likeness (QED) is 0.194. The molecule has 1 heterocycles. The number of carbonyl (C=O) groups excluding carboxylic acids is 2. The van der Waals surface area contributed by atoms with Crippen molar-refractivity contribution in [3.8, 4) is 17.2 Å². The van der Waals surface area contributed by atoms with Crippen LogP contribution < -0.4 is 19.5 Å². The Balaban J connectivity index is 1.55. The molecule has 2 amide bonds. The van der Waals surface area contributed by atoms with E-state index >= 15 is 0 Å². The number of aryl methyl sites for hydroxylation is 1. The highest BCUT2D eigenvalue weighted by Gasteiger charge is 2.34. The minimum Gasteiger partial charge on any atom is -0.493 e. The third-order valence-corrected chi connectivity index (χ3v) is 8.38. The molecule has 1 aliphatic carbocycles. The van der Waals surface area contributed by atoms with Crippen LogP contribution in [0.3, 0.4) is 0 Å². The van der Waals surface area contributed by atoms with Gasteiger partial charge in [0, 0.05) is 36.1 Å². The first kappa shape index (κ1) is 30.9. The number of hydrogen-bond donors (Lipinski definition) is 2. The number of nitrogens with zero attached hydrogens (tertiary/aromatic N) is 1. The Hall–Kier alpha value is -4.53. The maximum absolute atomic E-state index is 14.3. The van der Waals surface area contributed by atoms with Crippen LogP contribution in [0.1, 0.15) is 61.3 Å². The molecule has 0 spiro atoms. The van der Waals surface area contributed by atoms with E-state index in [1.165, 1.54) is 33.5 Å². The van der Waals surface area contributed by atoms with Crippen molar-refractivity contribution in [1.29, 1.82) is 0 Å². The van der Waals surface area contributed by atoms with E-state index in [0.29, 0.717) is 34.8 Å². The lowest BCUT2D eigenvalue weighted by Crippen LogP contribution is -2.47. The van der Waals surface area contributed by atoms with Crippen LogP contribution in [0.25, 0.3) is 10.9 Å². The number of amides is 2. The first-order valence-corrected chi connectivity index (χ1v) is 15.1. The number of carbonyl (C=O) groups is 2. The Morgan fingerprint density at radius 1 is 0.955 bits per heavy atom. The number of nitrogens with one attached hydrogen (secondary N) is 2. The zero-order chi connectivity index (χ0) is 31.1. The second kappa shape index (κ2) is 14.3. The second-order valence-electron chi connectivity index (χ2n) is 11.2. The summed E-state index contributed by atoms with van der Waals surface area (Å²) in [6.07, 6.45) is 7.59. The number of rotatable bonds is 12. The van der Waals surface area contributed by atoms with Gasteiger partial charge in [0.15, 0.2) is 11.5 Å². The fraction of sp³-hybridized carbons (Fsp3) is 0.371. The van der Waals surface area contributed by atoms with Gasteiger partial charge in [-0.2, -0.15) is 0 Å². The Labute approximate surface area is 257 Å². The highest BCUT2D eigenvalue weighted by molar-refractivity contribution is 5.90. The number of H-pyrrole nitrogens is 1. The van der Waals surface area contributed by atoms with E-state index in [2.05, 4.69) is 10.3 Å². The molecule has 1 aliphatic rings. The lowest BCUT2D eigenvalue weighted by Gasteiger charge is -2.34. The van der Waals surface area contributed by atoms with E-state index in [-0.39, 0.29) is 36.6 Å². The molecule has 4 aromatic rings. The minimum absolute atomic E-state index is 0.0229. The number of aromatic nitrogens is 1. The average molecular weight is 602 g/mol. The standard InChI is InChI=1S/C35H40FN3O5/c1-42-30-19-25(20-31(43-2)34(30)44-3)33(35(41)38-27-9-5-4-6-10-27)39(22-23-13-16-26(36)17-14-23)32(40)18-15-24-21-37-29-12-8-7-11-28(24)29/h7-8,11-14,16-17,19-21,27,33,37H,4-6,9-10,15,18,22H2,1-3H3,(H,38,41). The maximum atomic E-state index is 14.3. The van der Waals surface area contributed by atoms with Gasteiger partial charge in [0.2, 0.25) is 17.6 Å². The Morgan fingerprint density at radius 3 is 2.30 bits per heavy atom. The summed E-state index contributed by atoms with van der Waals surface area (Å²) < 4.78 is 30.6. The summed E-state index contributed by atoms with van der Waals surface area (Å²) in [5, 5.41) is 4.29. The van der Waals surface area contributed by atoms with E-state index < -0.39 is 6.04 Å². The van der Waals surface area contributed by atoms with E-state index in [1.807, 2.05) is 30.5 Å². The number of benzene rings is 3. The molecule has 8 nitrogen and oxygen atoms in total. The number of methoxy groups -OCH3 is 3. The number of aromatic amines is 1. The van der Waals surface area contributed by atoms with E-state index in [1.54, 1.807) is 29.2 Å². The number of para-hydroxylation sites is 1. The summed E-state index contributed by atoms with van der Waals surface area (Å²) in [6, 6.07) is 16.4. The van der Waals surface area contributed by atoms with Gasteiger partial charge < -0.3 is 29.4 Å². The summed E-state index contributed by atoms with van der Waals surface area (Å²) in [5.74, 6) is 0.282. The highest BCUT2D eigenvalue weighted by Crippen LogP contribution is 2.41. The Bertz CT molecular complexity index is 1550. The molecule has 2 N–H and O–H groups in total. The van der Waals surface area contributed by atoms with Crippen LogP contribution in [-0.2, 0) is 22.6 Å². The smallest absolute Gasteiger partial charge is 0.247 e. The van der Waals surface area contributed by atoms with E-state index in [4.69, 9.17) is 14.2 Å². The average Bonchev–Trinajstić information content (AvgIpc) is 3.47. The Kier molecular flexibility index (Phi) is 10.0. The van der Waals surface area contributed by atoms with Gasteiger partial charge >= 0.3 is 0 Å². The summed E-state index contributed by atoms with van der Waals surface area (Å²) >= 11 is 0. The third kappa shape index (κ3) is 6.98. The van der Waals surface area contributed by atoms with Crippen LogP contribution in [0.5, 0.6) is 17.2 Å². The first-order valence-electron chi connectivity index (χ1n) is 15.1. The third-order valence-electron chi connectivity index (χ3n) is 8.38. The SMILES string of the molecule is COc1cc(C(C(=O)NC2CCCCC2)N(Cc2ccc(F)cc2)C(=O)CCc2c[nH]c3ccccc23)cc(OC)c1OC. The second-order valence-corrected chi connectivity index (χ2v) is 11.2. The van der Waals surface area contributed by atoms with Crippen LogP contribution in [0.4, 0.5) is 4.39 Å². The van der Waals surface area contributed by atoms with Crippen LogP contribution in [0, 0.1) is 5.82 Å². The fourth-order valence-corrected chi connectivity index (χ4v) is 6.09. The van der Waals surface area contributed by atoms with Crippen molar-refractivity contribution in [3.63, 3.8) is 0 Å². The van der Waals surface area contributed by atoms with Crippen LogP contribution >= 0.6 is 0 Å². The molecule has 232 valence electrons. The van der Waals surface area contributed by atoms with Gasteiger partial charge in [-0.15, -0.1) is 0 Å². The molecule has 9 heteroatoms. The predicted octanol–water partition coefficient (Wildman–Crippen LogP) is 6.48. The molecular formula is C35H40FN3O5. The van der Waals surface area contributed by atoms with Crippen molar-refractivity contribution in [2.24, 2.45) is 0 Å². The fourth-order valence-electron chi connectivity index (χ4n) is 6.09. The van der Waals surface area contributed by atoms with Gasteiger partial charge in [-0.05, 0) is 66.3 Å². The van der Waals surface area contributed by atoms with Crippen LogP contribution in [0.2, 0.25) is 0 Å². The minimum atomic E-state index is -1.01. The lowest BCUT2D eigenvalue weighted by molar-refractivity contribution is -0.142. The molecule has 0 bridgehead atoms. The molecule has 1 unspecified atom stereocenters. The molecule has 0 aliphatic heterocycles. The van der Waals surface area contributed by atoms with E-state index in [9.17, 15) is 14.0 Å². The molecule has 1 aromatic heterocycles. The van der Waals surface area contributed by atoms with Crippen molar-refractivity contribution < 1.29 is 28.2 Å². The summed E-state index contributed by atoms with van der Waals surface area (Å²) in [5.41, 5.74) is 3.25. The highest BCUT2D eigenvalue weighted by atomic mass is 19.1. The zero-order valence-corrected chi connectivity index (χ0v) is 25.5. The number of ether oxygens (including phenoxy) is 3. The van der Waals surface area contributed by atoms with Gasteiger partial charge in [0.1, 0.15) is 11.9 Å². The molecular weight excluding hydrogens is 561 g/mol. The molecule has 1 fully saturated rings. The molecule has 44 heavy (non-hydrogen) atoms. The Morgan fingerprint density at radius 2 is 1.64 bits per heavy atom. The molecule has 3 aromatic carbocycles. The normalized spacial score (nSPS) is 14.2. The van der Waals surface area contributed by atoms with Crippen LogP contribution in [0.15, 0.2) is 66.9 Å². The molecule has 1 saturated carbocycles. The monoisotopic (exact) mass is 601 g/mol. The summed E-state index contributed by atoms with van der Waals surface area (Å²) in [7, 11) is 4.55. The topological polar surface area (TPSA) is 92.9 Å². The van der Waals surface area contributed by atoms with Crippen molar-refractivity contribution in [2.75, 3.05) is 21.3 Å². The van der Waals surface area contributed by atoms with Crippen LogP contribution in [-0.4, -0.2) is 49.1 Å². The maximum Gasteiger partial charge on any atom is 0.247 e.